The van der Waals surface area contributed by atoms with Crippen molar-refractivity contribution in [1.29, 1.82) is 0 Å². The van der Waals surface area contributed by atoms with Crippen LogP contribution in [0.15, 0.2) is 58.1 Å². The zero-order valence-electron chi connectivity index (χ0n) is 21.5. The Morgan fingerprint density at radius 3 is 2.29 bits per heavy atom. The first-order valence-electron chi connectivity index (χ1n) is 12.9. The Bertz CT molecular complexity index is 1540. The molecule has 2 amide bonds. The van der Waals surface area contributed by atoms with E-state index >= 15 is 0 Å². The standard InChI is InChI=1S/C27H26Cl2N4O6S2/c28-21-13-17(14-22(29)32-21)25(34)30-18-7-3-15(4-8-18)12-20(27(36)37)31-26(35)24-16-5-9-19(10-6-16)33(24)41(38,39)23-2-1-11-40-23/h1-4,7-8,11,13-14,16,19-20,24H,5-6,9-10,12H2,(H,30,34)(H,31,35)(H,36,37)/t16?,19?,20-,24-/m0/s1. The number of aliphatic carboxylic acids is 1. The fourth-order valence-electron chi connectivity index (χ4n) is 5.51. The third-order valence-corrected chi connectivity index (χ3v) is 11.1. The number of sulfonamides is 1. The first kappa shape index (κ1) is 29.5. The van der Waals surface area contributed by atoms with Gasteiger partial charge in [0.05, 0.1) is 0 Å². The maximum absolute atomic E-state index is 13.5. The molecule has 2 saturated heterocycles. The molecule has 10 nitrogen and oxygen atoms in total. The Kier molecular flexibility index (Phi) is 8.67. The van der Waals surface area contributed by atoms with Crippen LogP contribution in [-0.2, 0) is 26.0 Å². The zero-order chi connectivity index (χ0) is 29.3. The van der Waals surface area contributed by atoms with Crippen LogP contribution in [0.1, 0.15) is 41.6 Å². The number of hydrogen-bond acceptors (Lipinski definition) is 7. The second kappa shape index (κ2) is 12.1. The van der Waals surface area contributed by atoms with E-state index in [1.807, 2.05) is 0 Å². The van der Waals surface area contributed by atoms with Crippen molar-refractivity contribution in [3.8, 4) is 0 Å². The highest BCUT2D eigenvalue weighted by atomic mass is 35.5. The number of fused-ring (bicyclic) bond motifs is 3. The van der Waals surface area contributed by atoms with E-state index in [4.69, 9.17) is 23.2 Å². The summed E-state index contributed by atoms with van der Waals surface area (Å²) in [6.07, 6.45) is 2.73. The highest BCUT2D eigenvalue weighted by Crippen LogP contribution is 2.43. The van der Waals surface area contributed by atoms with Gasteiger partial charge in [0.2, 0.25) is 5.91 Å². The van der Waals surface area contributed by atoms with E-state index in [-0.39, 0.29) is 38.5 Å². The van der Waals surface area contributed by atoms with Crippen molar-refractivity contribution < 1.29 is 27.9 Å². The Morgan fingerprint density at radius 2 is 1.71 bits per heavy atom. The molecular formula is C27H26Cl2N4O6S2. The Balaban J connectivity index is 1.28. The van der Waals surface area contributed by atoms with Gasteiger partial charge in [0, 0.05) is 23.7 Å². The van der Waals surface area contributed by atoms with Gasteiger partial charge in [-0.1, -0.05) is 41.4 Å². The number of rotatable bonds is 9. The summed E-state index contributed by atoms with van der Waals surface area (Å²) < 4.78 is 28.5. The molecule has 41 heavy (non-hydrogen) atoms. The van der Waals surface area contributed by atoms with E-state index in [0.29, 0.717) is 36.9 Å². The number of pyridine rings is 1. The van der Waals surface area contributed by atoms with Crippen LogP contribution in [-0.4, -0.2) is 58.7 Å². The number of thiophene rings is 1. The monoisotopic (exact) mass is 636 g/mol. The number of halogens is 2. The zero-order valence-corrected chi connectivity index (χ0v) is 24.6. The summed E-state index contributed by atoms with van der Waals surface area (Å²) in [5, 5.41) is 17.0. The van der Waals surface area contributed by atoms with Gasteiger partial charge in [-0.3, -0.25) is 9.59 Å². The number of aromatic nitrogens is 1. The average molecular weight is 638 g/mol. The quantitative estimate of drug-likeness (QED) is 0.294. The molecule has 2 bridgehead atoms. The molecule has 2 atom stereocenters. The maximum atomic E-state index is 13.5. The SMILES string of the molecule is O=C(Nc1ccc(C[C@H](NC(=O)[C@@H]2C3CCC(CC3)N2S(=O)(=O)c2cccs2)C(=O)O)cc1)c1cc(Cl)nc(Cl)c1. The summed E-state index contributed by atoms with van der Waals surface area (Å²) in [6.45, 7) is 0. The Labute approximate surface area is 250 Å². The third kappa shape index (κ3) is 6.41. The highest BCUT2D eigenvalue weighted by Gasteiger charge is 2.51. The van der Waals surface area contributed by atoms with Gasteiger partial charge in [-0.05, 0) is 72.9 Å². The number of carboxylic acids is 1. The Morgan fingerprint density at radius 1 is 1.05 bits per heavy atom. The van der Waals surface area contributed by atoms with E-state index in [9.17, 15) is 27.9 Å². The van der Waals surface area contributed by atoms with E-state index in [2.05, 4.69) is 15.6 Å². The van der Waals surface area contributed by atoms with Crippen LogP contribution in [0.25, 0.3) is 0 Å². The van der Waals surface area contributed by atoms with Gasteiger partial charge < -0.3 is 15.7 Å². The van der Waals surface area contributed by atoms with Crippen molar-refractivity contribution in [2.24, 2.45) is 5.92 Å². The molecule has 4 heterocycles. The minimum Gasteiger partial charge on any atom is -0.480 e. The Hall–Kier alpha value is -3.03. The van der Waals surface area contributed by atoms with E-state index < -0.39 is 39.9 Å². The number of piperidine rings is 2. The normalized spacial score (nSPS) is 21.3. The number of nitrogens with zero attached hydrogens (tertiary/aromatic N) is 2. The van der Waals surface area contributed by atoms with Crippen molar-refractivity contribution >= 4 is 68.0 Å². The minimum absolute atomic E-state index is 0.0383. The molecule has 3 aliphatic rings. The lowest BCUT2D eigenvalue weighted by Gasteiger charge is -2.49. The molecule has 216 valence electrons. The fraction of sp³-hybridized carbons (Fsp3) is 0.333. The molecule has 3 fully saturated rings. The van der Waals surface area contributed by atoms with Crippen LogP contribution in [0.5, 0.6) is 0 Å². The molecule has 1 aliphatic carbocycles. The van der Waals surface area contributed by atoms with Crippen molar-refractivity contribution in [1.82, 2.24) is 14.6 Å². The lowest BCUT2D eigenvalue weighted by Crippen LogP contribution is -2.63. The van der Waals surface area contributed by atoms with Crippen LogP contribution < -0.4 is 10.6 Å². The molecule has 1 saturated carbocycles. The highest BCUT2D eigenvalue weighted by molar-refractivity contribution is 7.91. The second-order valence-corrected chi connectivity index (χ2v) is 13.8. The topological polar surface area (TPSA) is 146 Å². The number of amides is 2. The van der Waals surface area contributed by atoms with Crippen molar-refractivity contribution in [2.75, 3.05) is 5.32 Å². The summed E-state index contributed by atoms with van der Waals surface area (Å²) in [4.78, 5) is 42.0. The van der Waals surface area contributed by atoms with Gasteiger partial charge >= 0.3 is 5.97 Å². The fourth-order valence-corrected chi connectivity index (χ4v) is 8.96. The summed E-state index contributed by atoms with van der Waals surface area (Å²) >= 11 is 12.8. The summed E-state index contributed by atoms with van der Waals surface area (Å²) in [5.41, 5.74) is 1.27. The van der Waals surface area contributed by atoms with E-state index in [0.717, 1.165) is 11.3 Å². The number of carbonyl (C=O) groups is 3. The van der Waals surface area contributed by atoms with Crippen LogP contribution >= 0.6 is 34.5 Å². The molecule has 3 N–H and O–H groups in total. The van der Waals surface area contributed by atoms with Gasteiger partial charge in [0.15, 0.2) is 0 Å². The summed E-state index contributed by atoms with van der Waals surface area (Å²) in [5.74, 6) is -2.48. The molecule has 3 aromatic rings. The number of benzene rings is 1. The van der Waals surface area contributed by atoms with Gasteiger partial charge in [-0.2, -0.15) is 4.31 Å². The molecule has 6 rings (SSSR count). The number of hydrogen-bond donors (Lipinski definition) is 3. The van der Waals surface area contributed by atoms with Crippen LogP contribution in [0, 0.1) is 5.92 Å². The number of nitrogens with one attached hydrogen (secondary N) is 2. The molecule has 0 unspecified atom stereocenters. The predicted molar refractivity (Wildman–Crippen MR) is 155 cm³/mol. The lowest BCUT2D eigenvalue weighted by molar-refractivity contribution is -0.143. The van der Waals surface area contributed by atoms with E-state index in [1.165, 1.54) is 22.5 Å². The molecule has 0 spiro atoms. The molecule has 2 aliphatic heterocycles. The number of anilines is 1. The van der Waals surface area contributed by atoms with Crippen molar-refractivity contribution in [2.45, 2.75) is 54.4 Å². The molecule has 14 heteroatoms. The summed E-state index contributed by atoms with van der Waals surface area (Å²) in [6, 6.07) is 9.86. The van der Waals surface area contributed by atoms with Gasteiger partial charge in [-0.25, -0.2) is 18.2 Å². The molecule has 2 aromatic heterocycles. The van der Waals surface area contributed by atoms with Crippen LogP contribution in [0.2, 0.25) is 10.3 Å². The first-order chi connectivity index (χ1) is 19.5. The average Bonchev–Trinajstić information content (AvgIpc) is 3.49. The van der Waals surface area contributed by atoms with Crippen LogP contribution in [0.4, 0.5) is 5.69 Å². The number of carboxylic acid groups (broad SMARTS) is 1. The van der Waals surface area contributed by atoms with E-state index in [1.54, 1.807) is 35.7 Å². The smallest absolute Gasteiger partial charge is 0.326 e. The number of carbonyl (C=O) groups excluding carboxylic acids is 2. The largest absolute Gasteiger partial charge is 0.480 e. The van der Waals surface area contributed by atoms with Crippen LogP contribution in [0.3, 0.4) is 0 Å². The lowest BCUT2D eigenvalue weighted by atomic mass is 9.76. The van der Waals surface area contributed by atoms with Gasteiger partial charge in [-0.15, -0.1) is 11.3 Å². The van der Waals surface area contributed by atoms with Crippen molar-refractivity contribution in [3.05, 3.63) is 75.3 Å². The second-order valence-electron chi connectivity index (χ2n) is 10.0. The molecule has 0 radical (unpaired) electrons. The summed E-state index contributed by atoms with van der Waals surface area (Å²) in [7, 11) is -3.91. The third-order valence-electron chi connectivity index (χ3n) is 7.41. The predicted octanol–water partition coefficient (Wildman–Crippen LogP) is 4.45. The minimum atomic E-state index is -3.91. The van der Waals surface area contributed by atoms with Gasteiger partial charge in [0.25, 0.3) is 15.9 Å². The first-order valence-corrected chi connectivity index (χ1v) is 15.9. The van der Waals surface area contributed by atoms with Crippen molar-refractivity contribution in [3.63, 3.8) is 0 Å². The maximum Gasteiger partial charge on any atom is 0.326 e. The van der Waals surface area contributed by atoms with Gasteiger partial charge in [0.1, 0.15) is 26.6 Å². The molecular weight excluding hydrogens is 611 g/mol. The molecule has 1 aromatic carbocycles.